The molecule has 0 aromatic carbocycles. The highest BCUT2D eigenvalue weighted by Gasteiger charge is 3.02. The Kier molecular flexibility index (Phi) is 14.3. The number of halogens is 37. The van der Waals surface area contributed by atoms with Gasteiger partial charge in [-0.2, -0.15) is 162 Å². The van der Waals surface area contributed by atoms with E-state index in [1.54, 1.807) is 0 Å². The third-order valence-electron chi connectivity index (χ3n) is 7.69. The van der Waals surface area contributed by atoms with E-state index >= 15 is 0 Å². The molecule has 2 nitrogen and oxygen atoms in total. The van der Waals surface area contributed by atoms with E-state index < -0.39 is 125 Å². The minimum Gasteiger partial charge on any atom is -0.393 e. The molecule has 0 aliphatic carbocycles. The molecule has 39 heteroatoms. The quantitative estimate of drug-likeness (QED) is 0.0732. The maximum absolute atomic E-state index is 14.1. The molecule has 0 rings (SSSR count). The van der Waals surface area contributed by atoms with Crippen LogP contribution >= 0.6 is 0 Å². The van der Waals surface area contributed by atoms with Crippen molar-refractivity contribution in [2.24, 2.45) is 0 Å². The molecule has 0 unspecified atom stereocenters. The third kappa shape index (κ3) is 7.19. The Morgan fingerprint density at radius 3 is 0.635 bits per heavy atom. The maximum Gasteiger partial charge on any atom is 0.473 e. The molecule has 0 N–H and O–H groups in total. The molecule has 0 atom stereocenters. The summed E-state index contributed by atoms with van der Waals surface area (Å²) in [6.07, 6.45) is -16.6. The van der Waals surface area contributed by atoms with E-state index in [1.165, 1.54) is 0 Å². The van der Waals surface area contributed by atoms with Gasteiger partial charge in [0.05, 0.1) is 0 Å². The van der Waals surface area contributed by atoms with Gasteiger partial charge >= 0.3 is 113 Å². The van der Waals surface area contributed by atoms with Crippen molar-refractivity contribution < 1.29 is 172 Å². The van der Waals surface area contributed by atoms with Gasteiger partial charge in [-0.25, -0.2) is 4.79 Å². The minimum absolute atomic E-state index is 0.201. The van der Waals surface area contributed by atoms with Crippen LogP contribution in [-0.4, -0.2) is 113 Å². The lowest BCUT2D eigenvalue weighted by atomic mass is 9.82. The summed E-state index contributed by atoms with van der Waals surface area (Å²) in [6.45, 7) is 1.13. The third-order valence-corrected chi connectivity index (χ3v) is 7.69. The summed E-state index contributed by atoms with van der Waals surface area (Å²) in [4.78, 5) is 11.3. The van der Waals surface area contributed by atoms with Crippen molar-refractivity contribution in [3.8, 4) is 0 Å². The SMILES string of the molecule is CCC=C(C)C(=O)OC(F)(F)C(F)(F)C(F)(F)C(F)(F)C(F)(F)C(F)(F)C(F)(F)C(F)(F)C(F)(F)C(F)(F)C(F)(F)C(F)(F)C(F)(F)C(F)(F)C(F)(F)C(F)(F)C(F)(F)C(F)(F)F. The molecule has 0 aromatic heterocycles. The lowest BCUT2D eigenvalue weighted by Crippen LogP contribution is -2.80. The summed E-state index contributed by atoms with van der Waals surface area (Å²) in [5.74, 6) is -163. The Morgan fingerprint density at radius 1 is 0.317 bits per heavy atom. The summed E-state index contributed by atoms with van der Waals surface area (Å²) >= 11 is 0. The van der Waals surface area contributed by atoms with Crippen molar-refractivity contribution in [2.45, 2.75) is 127 Å². The van der Waals surface area contributed by atoms with E-state index in [1.807, 2.05) is 0 Å². The van der Waals surface area contributed by atoms with Gasteiger partial charge in [0.25, 0.3) is 0 Å². The van der Waals surface area contributed by atoms with Crippen LogP contribution in [0.4, 0.5) is 162 Å². The first kappa shape index (κ1) is 59.6. The van der Waals surface area contributed by atoms with Crippen molar-refractivity contribution in [3.05, 3.63) is 11.6 Å². The summed E-state index contributed by atoms with van der Waals surface area (Å²) in [5.41, 5.74) is -1.45. The van der Waals surface area contributed by atoms with E-state index in [4.69, 9.17) is 0 Å². The first-order valence-corrected chi connectivity index (χ1v) is 14.0. The molecular formula is C24H9F37O2. The number of ether oxygens (including phenoxy) is 1. The zero-order chi connectivity index (χ0) is 52.3. The molecule has 0 aromatic rings. The Balaban J connectivity index is 7.85. The fraction of sp³-hybridized carbons (Fsp3) is 0.875. The van der Waals surface area contributed by atoms with Gasteiger partial charge in [-0.05, 0) is 13.3 Å². The van der Waals surface area contributed by atoms with Gasteiger partial charge in [0.1, 0.15) is 0 Å². The Morgan fingerprint density at radius 2 is 0.476 bits per heavy atom. The molecule has 0 amide bonds. The molecule has 0 aliphatic heterocycles. The smallest absolute Gasteiger partial charge is 0.393 e. The average molecular weight is 1030 g/mol. The highest BCUT2D eigenvalue weighted by atomic mass is 19.4. The summed E-state index contributed by atoms with van der Waals surface area (Å²) in [7, 11) is 0. The zero-order valence-corrected chi connectivity index (χ0v) is 28.1. The molecule has 0 spiro atoms. The number of hydrogen-bond acceptors (Lipinski definition) is 2. The van der Waals surface area contributed by atoms with Gasteiger partial charge in [-0.15, -0.1) is 0 Å². The Labute approximate surface area is 318 Å². The fourth-order valence-electron chi connectivity index (χ4n) is 3.77. The second-order valence-electron chi connectivity index (χ2n) is 11.9. The number of hydrogen-bond donors (Lipinski definition) is 0. The van der Waals surface area contributed by atoms with Crippen LogP contribution in [0.15, 0.2) is 11.6 Å². The number of carbonyl (C=O) groups excluding carboxylic acids is 1. The van der Waals surface area contributed by atoms with Crippen LogP contribution in [0.2, 0.25) is 0 Å². The lowest BCUT2D eigenvalue weighted by Gasteiger charge is -2.47. The second-order valence-corrected chi connectivity index (χ2v) is 11.9. The van der Waals surface area contributed by atoms with Crippen molar-refractivity contribution in [2.75, 3.05) is 0 Å². The predicted molar refractivity (Wildman–Crippen MR) is 120 cm³/mol. The van der Waals surface area contributed by atoms with Gasteiger partial charge in [-0.3, -0.25) is 0 Å². The first-order valence-electron chi connectivity index (χ1n) is 14.0. The normalized spacial score (nSPS) is 17.0. The number of allylic oxidation sites excluding steroid dienone is 1. The van der Waals surface area contributed by atoms with Crippen LogP contribution in [0.25, 0.3) is 0 Å². The van der Waals surface area contributed by atoms with E-state index in [-0.39, 0.29) is 6.92 Å². The van der Waals surface area contributed by atoms with E-state index in [0.717, 1.165) is 6.92 Å². The van der Waals surface area contributed by atoms with Crippen molar-refractivity contribution in [1.29, 1.82) is 0 Å². The summed E-state index contributed by atoms with van der Waals surface area (Å²) in [5, 5.41) is 0. The number of carbonyl (C=O) groups is 1. The zero-order valence-electron chi connectivity index (χ0n) is 28.1. The number of rotatable bonds is 19. The van der Waals surface area contributed by atoms with Crippen molar-refractivity contribution >= 4 is 5.97 Å². The van der Waals surface area contributed by atoms with Crippen LogP contribution in [-0.2, 0) is 9.53 Å². The molecule has 0 heterocycles. The molecule has 0 saturated carbocycles. The molecule has 0 bridgehead atoms. The molecule has 0 radical (unpaired) electrons. The van der Waals surface area contributed by atoms with Gasteiger partial charge in [0.2, 0.25) is 0 Å². The van der Waals surface area contributed by atoms with Gasteiger partial charge in [-0.1, -0.05) is 13.0 Å². The average Bonchev–Trinajstić information content (AvgIpc) is 3.05. The Hall–Kier alpha value is -3.38. The van der Waals surface area contributed by atoms with Crippen molar-refractivity contribution in [3.63, 3.8) is 0 Å². The van der Waals surface area contributed by atoms with E-state index in [9.17, 15) is 167 Å². The van der Waals surface area contributed by atoms with Crippen molar-refractivity contribution in [1.82, 2.24) is 0 Å². The fourth-order valence-corrected chi connectivity index (χ4v) is 3.77. The van der Waals surface area contributed by atoms with Crippen LogP contribution in [0.5, 0.6) is 0 Å². The highest BCUT2D eigenvalue weighted by molar-refractivity contribution is 5.87. The van der Waals surface area contributed by atoms with Crippen LogP contribution in [0.3, 0.4) is 0 Å². The molecule has 0 aliphatic rings. The predicted octanol–water partition coefficient (Wildman–Crippen LogP) is 13.2. The molecule has 0 fully saturated rings. The van der Waals surface area contributed by atoms with Crippen LogP contribution < -0.4 is 0 Å². The summed E-state index contributed by atoms with van der Waals surface area (Å²) in [6, 6.07) is 0. The van der Waals surface area contributed by atoms with E-state index in [0.29, 0.717) is 6.08 Å². The summed E-state index contributed by atoms with van der Waals surface area (Å²) < 4.78 is 508. The van der Waals surface area contributed by atoms with Gasteiger partial charge < -0.3 is 4.74 Å². The molecule has 0 saturated heterocycles. The second kappa shape index (κ2) is 15.1. The standard InChI is InChI=1S/C24H9F37O2/c1-3-4-5(2)6(62)63-24(60,61)22(55,56)20(51,52)18(47,48)16(43,44)14(39,40)12(35,36)10(31,32)8(27,28)7(25,26)9(29,30)11(33,34)13(37,38)15(41,42)17(45,46)19(49,50)21(53,54)23(57,58)59/h4H,3H2,1-2H3. The first-order chi connectivity index (χ1) is 26.6. The molecular weight excluding hydrogens is 1020 g/mol. The van der Waals surface area contributed by atoms with Crippen LogP contribution in [0, 0.1) is 0 Å². The molecule has 376 valence electrons. The maximum atomic E-state index is 14.1. The number of esters is 1. The van der Waals surface area contributed by atoms with Gasteiger partial charge in [0, 0.05) is 5.57 Å². The number of alkyl halides is 37. The largest absolute Gasteiger partial charge is 0.473 e. The highest BCUT2D eigenvalue weighted by Crippen LogP contribution is 2.70. The monoisotopic (exact) mass is 1030 g/mol. The minimum atomic E-state index is -10.5. The Bertz CT molecular complexity index is 1710. The van der Waals surface area contributed by atoms with Crippen LogP contribution in [0.1, 0.15) is 20.3 Å². The molecule has 63 heavy (non-hydrogen) atoms. The topological polar surface area (TPSA) is 26.3 Å². The van der Waals surface area contributed by atoms with E-state index in [2.05, 4.69) is 4.74 Å². The van der Waals surface area contributed by atoms with Gasteiger partial charge in [0.15, 0.2) is 0 Å². The lowest BCUT2D eigenvalue weighted by molar-refractivity contribution is -0.495.